The Morgan fingerprint density at radius 3 is 2.91 bits per heavy atom. The molecular weight excluding hydrogens is 144 g/mol. The van der Waals surface area contributed by atoms with Gasteiger partial charge in [0.2, 0.25) is 0 Å². The summed E-state index contributed by atoms with van der Waals surface area (Å²) >= 11 is 0. The lowest BCUT2D eigenvalue weighted by atomic mass is 10.5. The second-order valence-electron chi connectivity index (χ2n) is 1.97. The van der Waals surface area contributed by atoms with Gasteiger partial charge in [-0.15, -0.1) is 0 Å². The van der Waals surface area contributed by atoms with Gasteiger partial charge in [0.1, 0.15) is 0 Å². The minimum Gasteiger partial charge on any atom is -0.448 e. The van der Waals surface area contributed by atoms with Gasteiger partial charge in [-0.3, -0.25) is 0 Å². The molecule has 0 spiro atoms. The first-order valence-corrected chi connectivity index (χ1v) is 3.75. The van der Waals surface area contributed by atoms with Crippen LogP contribution in [-0.4, -0.2) is 18.9 Å². The average molecular weight is 158 g/mol. The Balaban J connectivity index is 3.29. The van der Waals surface area contributed by atoms with Crippen LogP contribution in [0.3, 0.4) is 0 Å². The highest BCUT2D eigenvalue weighted by Crippen LogP contribution is 1.80. The Bertz CT molecular complexity index is 134. The largest absolute Gasteiger partial charge is 0.448 e. The van der Waals surface area contributed by atoms with E-state index in [4.69, 9.17) is 0 Å². The summed E-state index contributed by atoms with van der Waals surface area (Å²) in [6.45, 7) is 4.30. The molecule has 0 aromatic carbocycles. The van der Waals surface area contributed by atoms with Gasteiger partial charge in [0, 0.05) is 6.21 Å². The number of rotatable bonds is 4. The van der Waals surface area contributed by atoms with Crippen molar-refractivity contribution < 1.29 is 9.53 Å². The third-order valence-corrected chi connectivity index (χ3v) is 0.867. The van der Waals surface area contributed by atoms with Gasteiger partial charge in [0.15, 0.2) is 0 Å². The van der Waals surface area contributed by atoms with Gasteiger partial charge in [0.05, 0.1) is 6.61 Å². The van der Waals surface area contributed by atoms with E-state index in [9.17, 15) is 4.79 Å². The van der Waals surface area contributed by atoms with Crippen molar-refractivity contribution in [1.29, 1.82) is 0 Å². The Kier molecular flexibility index (Phi) is 6.37. The van der Waals surface area contributed by atoms with Crippen molar-refractivity contribution in [2.75, 3.05) is 6.61 Å². The Morgan fingerprint density at radius 1 is 1.64 bits per heavy atom. The first kappa shape index (κ1) is 9.94. The Morgan fingerprint density at radius 2 is 2.36 bits per heavy atom. The van der Waals surface area contributed by atoms with E-state index < -0.39 is 6.09 Å². The molecule has 0 aliphatic heterocycles. The van der Waals surface area contributed by atoms with Crippen LogP contribution >= 0.6 is 0 Å². The summed E-state index contributed by atoms with van der Waals surface area (Å²) in [6.07, 6.45) is 2.74. The molecule has 0 aliphatic carbocycles. The van der Waals surface area contributed by atoms with E-state index in [0.717, 1.165) is 12.8 Å². The van der Waals surface area contributed by atoms with Gasteiger partial charge >= 0.3 is 6.09 Å². The van der Waals surface area contributed by atoms with Crippen LogP contribution in [0.1, 0.15) is 26.7 Å². The molecule has 11 heavy (non-hydrogen) atoms. The number of hydrogen-bond acceptors (Lipinski definition) is 3. The molecule has 64 valence electrons. The maximum atomic E-state index is 10.6. The minimum atomic E-state index is -0.489. The van der Waals surface area contributed by atoms with Gasteiger partial charge in [-0.05, 0) is 12.8 Å². The van der Waals surface area contributed by atoms with Crippen LogP contribution in [0.25, 0.3) is 0 Å². The van der Waals surface area contributed by atoms with Crippen molar-refractivity contribution in [1.82, 2.24) is 5.43 Å². The van der Waals surface area contributed by atoms with Crippen LogP contribution in [0.5, 0.6) is 0 Å². The fourth-order valence-electron chi connectivity index (χ4n) is 0.417. The van der Waals surface area contributed by atoms with Gasteiger partial charge in [-0.1, -0.05) is 13.8 Å². The molecule has 0 aromatic rings. The van der Waals surface area contributed by atoms with E-state index in [0.29, 0.717) is 6.61 Å². The zero-order valence-electron chi connectivity index (χ0n) is 6.96. The number of carbonyl (C=O) groups is 1. The molecule has 0 aromatic heterocycles. The topological polar surface area (TPSA) is 50.7 Å². The molecule has 0 radical (unpaired) electrons. The first-order chi connectivity index (χ1) is 5.31. The van der Waals surface area contributed by atoms with E-state index >= 15 is 0 Å². The van der Waals surface area contributed by atoms with Crippen LogP contribution in [0.15, 0.2) is 5.10 Å². The Labute approximate surface area is 66.6 Å². The van der Waals surface area contributed by atoms with E-state index in [1.807, 2.05) is 13.8 Å². The lowest BCUT2D eigenvalue weighted by molar-refractivity contribution is 0.147. The standard InChI is InChI=1S/C7H14N2O2/c1-3-5-8-9-7(10)11-6-4-2/h5H,3-4,6H2,1-2H3,(H,9,10). The molecule has 4 heteroatoms. The van der Waals surface area contributed by atoms with Crippen molar-refractivity contribution >= 4 is 12.3 Å². The monoisotopic (exact) mass is 158 g/mol. The van der Waals surface area contributed by atoms with Crippen LogP contribution in [0.2, 0.25) is 0 Å². The highest BCUT2D eigenvalue weighted by molar-refractivity contribution is 5.68. The summed E-state index contributed by atoms with van der Waals surface area (Å²) in [5.41, 5.74) is 2.23. The van der Waals surface area contributed by atoms with E-state index in [2.05, 4.69) is 15.3 Å². The van der Waals surface area contributed by atoms with Crippen molar-refractivity contribution in [2.45, 2.75) is 26.7 Å². The smallest absolute Gasteiger partial charge is 0.427 e. The van der Waals surface area contributed by atoms with Crippen LogP contribution in [-0.2, 0) is 4.74 Å². The Hall–Kier alpha value is -1.06. The molecule has 4 nitrogen and oxygen atoms in total. The van der Waals surface area contributed by atoms with Gasteiger partial charge in [0.25, 0.3) is 0 Å². The number of ether oxygens (including phenoxy) is 1. The van der Waals surface area contributed by atoms with Gasteiger partial charge in [-0.2, -0.15) is 5.10 Å². The fourth-order valence-corrected chi connectivity index (χ4v) is 0.417. The van der Waals surface area contributed by atoms with Crippen molar-refractivity contribution in [3.63, 3.8) is 0 Å². The fraction of sp³-hybridized carbons (Fsp3) is 0.714. The highest BCUT2D eigenvalue weighted by Gasteiger charge is 1.95. The predicted molar refractivity (Wildman–Crippen MR) is 43.6 cm³/mol. The van der Waals surface area contributed by atoms with E-state index in [1.165, 1.54) is 0 Å². The summed E-state index contributed by atoms with van der Waals surface area (Å²) in [4.78, 5) is 10.6. The summed E-state index contributed by atoms with van der Waals surface area (Å²) in [7, 11) is 0. The summed E-state index contributed by atoms with van der Waals surface area (Å²) in [5, 5.41) is 3.59. The molecule has 0 saturated carbocycles. The number of hydrogen-bond donors (Lipinski definition) is 1. The summed E-state index contributed by atoms with van der Waals surface area (Å²) < 4.78 is 4.67. The number of nitrogens with one attached hydrogen (secondary N) is 1. The van der Waals surface area contributed by atoms with Crippen LogP contribution < -0.4 is 5.43 Å². The van der Waals surface area contributed by atoms with E-state index in [-0.39, 0.29) is 0 Å². The van der Waals surface area contributed by atoms with E-state index in [1.54, 1.807) is 6.21 Å². The molecule has 0 unspecified atom stereocenters. The zero-order valence-corrected chi connectivity index (χ0v) is 6.96. The molecule has 0 fully saturated rings. The number of amides is 1. The third-order valence-electron chi connectivity index (χ3n) is 0.867. The number of nitrogens with zero attached hydrogens (tertiary/aromatic N) is 1. The quantitative estimate of drug-likeness (QED) is 0.498. The number of carbonyl (C=O) groups excluding carboxylic acids is 1. The average Bonchev–Trinajstić information content (AvgIpc) is 2.01. The lowest BCUT2D eigenvalue weighted by Crippen LogP contribution is -2.19. The minimum absolute atomic E-state index is 0.438. The number of hydrazone groups is 1. The molecule has 1 amide bonds. The SMILES string of the molecule is CCC=NNC(=O)OCCC. The summed E-state index contributed by atoms with van der Waals surface area (Å²) in [5.74, 6) is 0. The molecule has 1 N–H and O–H groups in total. The van der Waals surface area contributed by atoms with Crippen molar-refractivity contribution in [3.8, 4) is 0 Å². The lowest BCUT2D eigenvalue weighted by Gasteiger charge is -1.99. The molecule has 0 atom stereocenters. The van der Waals surface area contributed by atoms with Crippen LogP contribution in [0, 0.1) is 0 Å². The zero-order chi connectivity index (χ0) is 8.53. The maximum Gasteiger partial charge on any atom is 0.427 e. The second-order valence-corrected chi connectivity index (χ2v) is 1.97. The predicted octanol–water partition coefficient (Wildman–Crippen LogP) is 1.52. The molecular formula is C7H14N2O2. The van der Waals surface area contributed by atoms with Crippen molar-refractivity contribution in [3.05, 3.63) is 0 Å². The summed E-state index contributed by atoms with van der Waals surface area (Å²) in [6, 6.07) is 0. The second kappa shape index (κ2) is 7.05. The normalized spacial score (nSPS) is 10.0. The third kappa shape index (κ3) is 6.83. The van der Waals surface area contributed by atoms with Crippen molar-refractivity contribution in [2.24, 2.45) is 5.10 Å². The molecule has 0 bridgehead atoms. The molecule has 0 saturated heterocycles. The molecule has 0 aliphatic rings. The molecule has 0 rings (SSSR count). The maximum absolute atomic E-state index is 10.6. The first-order valence-electron chi connectivity index (χ1n) is 3.75. The van der Waals surface area contributed by atoms with Gasteiger partial charge < -0.3 is 4.74 Å². The van der Waals surface area contributed by atoms with Gasteiger partial charge in [-0.25, -0.2) is 10.2 Å². The molecule has 0 heterocycles. The van der Waals surface area contributed by atoms with Crippen LogP contribution in [0.4, 0.5) is 4.79 Å². The highest BCUT2D eigenvalue weighted by atomic mass is 16.5.